The highest BCUT2D eigenvalue weighted by molar-refractivity contribution is 5.99. The van der Waals surface area contributed by atoms with Crippen LogP contribution in [0.3, 0.4) is 0 Å². The Morgan fingerprint density at radius 2 is 1.76 bits per heavy atom. The molecule has 0 saturated carbocycles. The van der Waals surface area contributed by atoms with Crippen molar-refractivity contribution in [2.45, 2.75) is 6.92 Å². The number of nitro groups is 1. The Morgan fingerprint density at radius 1 is 1.03 bits per heavy atom. The zero-order valence-electron chi connectivity index (χ0n) is 15.6. The van der Waals surface area contributed by atoms with Crippen LogP contribution in [-0.2, 0) is 9.59 Å². The van der Waals surface area contributed by atoms with Crippen LogP contribution in [0.25, 0.3) is 0 Å². The molecule has 10 heteroatoms. The number of carbonyl (C=O) groups excluding carboxylic acids is 3. The summed E-state index contributed by atoms with van der Waals surface area (Å²) >= 11 is 0. The number of nitrogens with zero attached hydrogens (tertiary/aromatic N) is 1. The minimum Gasteiger partial charge on any atom is -0.484 e. The van der Waals surface area contributed by atoms with E-state index in [1.54, 1.807) is 24.3 Å². The molecule has 0 aliphatic carbocycles. The molecule has 0 aromatic heterocycles. The number of carbonyl (C=O) groups is 3. The molecule has 0 aliphatic rings. The number of anilines is 1. The number of nitro benzene ring substituents is 1. The van der Waals surface area contributed by atoms with Gasteiger partial charge >= 0.3 is 0 Å². The molecule has 2 aromatic carbocycles. The molecule has 0 fully saturated rings. The minimum absolute atomic E-state index is 0.0839. The Labute approximate surface area is 166 Å². The summed E-state index contributed by atoms with van der Waals surface area (Å²) in [5, 5.41) is 18.4. The maximum Gasteiger partial charge on any atom is 0.270 e. The molecular formula is C19H20N4O6. The molecule has 152 valence electrons. The largest absolute Gasteiger partial charge is 0.484 e. The molecule has 0 aliphatic heterocycles. The smallest absolute Gasteiger partial charge is 0.270 e. The number of hydrogen-bond donors (Lipinski definition) is 3. The molecule has 0 heterocycles. The van der Waals surface area contributed by atoms with Crippen LogP contribution in [0.1, 0.15) is 17.3 Å². The minimum atomic E-state index is -0.604. The third-order valence-electron chi connectivity index (χ3n) is 3.61. The fourth-order valence-corrected chi connectivity index (χ4v) is 2.26. The van der Waals surface area contributed by atoms with Gasteiger partial charge in [0.2, 0.25) is 5.91 Å². The van der Waals surface area contributed by atoms with E-state index in [2.05, 4.69) is 16.0 Å². The second-order valence-electron chi connectivity index (χ2n) is 5.80. The second-order valence-corrected chi connectivity index (χ2v) is 5.80. The highest BCUT2D eigenvalue weighted by atomic mass is 16.6. The number of nitrogens with one attached hydrogen (secondary N) is 3. The first-order valence-corrected chi connectivity index (χ1v) is 8.71. The highest BCUT2D eigenvalue weighted by Gasteiger charge is 2.12. The van der Waals surface area contributed by atoms with Crippen molar-refractivity contribution >= 4 is 29.1 Å². The lowest BCUT2D eigenvalue weighted by molar-refractivity contribution is -0.384. The fourth-order valence-electron chi connectivity index (χ4n) is 2.26. The summed E-state index contributed by atoms with van der Waals surface area (Å²) in [6.45, 7) is 1.91. The lowest BCUT2D eigenvalue weighted by Crippen LogP contribution is -2.32. The van der Waals surface area contributed by atoms with Crippen LogP contribution in [0.4, 0.5) is 11.4 Å². The van der Waals surface area contributed by atoms with Crippen LogP contribution in [0, 0.1) is 10.1 Å². The van der Waals surface area contributed by atoms with E-state index >= 15 is 0 Å². The molecular weight excluding hydrogens is 380 g/mol. The van der Waals surface area contributed by atoms with Crippen LogP contribution in [0.5, 0.6) is 5.75 Å². The van der Waals surface area contributed by atoms with Gasteiger partial charge in [0.15, 0.2) is 6.61 Å². The first-order valence-electron chi connectivity index (χ1n) is 8.71. The summed E-state index contributed by atoms with van der Waals surface area (Å²) in [5.74, 6) is -0.838. The summed E-state index contributed by atoms with van der Waals surface area (Å²) in [4.78, 5) is 45.5. The van der Waals surface area contributed by atoms with Gasteiger partial charge in [-0.25, -0.2) is 0 Å². The molecule has 29 heavy (non-hydrogen) atoms. The normalized spacial score (nSPS) is 9.97. The van der Waals surface area contributed by atoms with E-state index in [-0.39, 0.29) is 30.3 Å². The number of benzene rings is 2. The Kier molecular flexibility index (Phi) is 7.66. The van der Waals surface area contributed by atoms with Gasteiger partial charge in [0.1, 0.15) is 5.75 Å². The van der Waals surface area contributed by atoms with E-state index in [9.17, 15) is 24.5 Å². The number of likely N-dealkylation sites (N-methyl/N-ethyl adjacent to an activating group) is 1. The Balaban J connectivity index is 1.81. The molecule has 0 atom stereocenters. The van der Waals surface area contributed by atoms with Crippen molar-refractivity contribution in [3.63, 3.8) is 0 Å². The van der Waals surface area contributed by atoms with Crippen molar-refractivity contribution in [2.75, 3.05) is 25.0 Å². The van der Waals surface area contributed by atoms with Crippen LogP contribution in [0.2, 0.25) is 0 Å². The van der Waals surface area contributed by atoms with Crippen LogP contribution in [-0.4, -0.2) is 42.3 Å². The van der Waals surface area contributed by atoms with Gasteiger partial charge in [-0.3, -0.25) is 24.5 Å². The molecule has 3 N–H and O–H groups in total. The maximum atomic E-state index is 12.0. The van der Waals surface area contributed by atoms with Gasteiger partial charge in [0, 0.05) is 29.9 Å². The Morgan fingerprint density at radius 3 is 2.41 bits per heavy atom. The average molecular weight is 400 g/mol. The highest BCUT2D eigenvalue weighted by Crippen LogP contribution is 2.16. The molecule has 0 radical (unpaired) electrons. The van der Waals surface area contributed by atoms with E-state index in [1.807, 2.05) is 6.92 Å². The standard InChI is InChI=1S/C19H20N4O6/c1-2-20-18(25)12-29-16-8-6-14(7-9-16)22-17(24)11-21-19(26)13-4-3-5-15(10-13)23(27)28/h3-10H,2,11-12H2,1H3,(H,20,25)(H,21,26)(H,22,24). The van der Waals surface area contributed by atoms with Crippen LogP contribution >= 0.6 is 0 Å². The molecule has 3 amide bonds. The van der Waals surface area contributed by atoms with Crippen molar-refractivity contribution in [2.24, 2.45) is 0 Å². The van der Waals surface area contributed by atoms with Crippen molar-refractivity contribution in [1.82, 2.24) is 10.6 Å². The first-order chi connectivity index (χ1) is 13.9. The van der Waals surface area contributed by atoms with Gasteiger partial charge in [0.25, 0.3) is 17.5 Å². The summed E-state index contributed by atoms with van der Waals surface area (Å²) in [7, 11) is 0. The lowest BCUT2D eigenvalue weighted by atomic mass is 10.2. The summed E-state index contributed by atoms with van der Waals surface area (Å²) < 4.78 is 5.31. The van der Waals surface area contributed by atoms with Gasteiger partial charge in [-0.1, -0.05) is 6.07 Å². The molecule has 0 bridgehead atoms. The topological polar surface area (TPSA) is 140 Å². The van der Waals surface area contributed by atoms with Crippen molar-refractivity contribution in [3.8, 4) is 5.75 Å². The quantitative estimate of drug-likeness (QED) is 0.430. The molecule has 0 spiro atoms. The Bertz CT molecular complexity index is 898. The summed E-state index contributed by atoms with van der Waals surface area (Å²) in [5.41, 5.74) is 0.349. The second kappa shape index (κ2) is 10.4. The third-order valence-corrected chi connectivity index (χ3v) is 3.61. The predicted octanol–water partition coefficient (Wildman–Crippen LogP) is 1.48. The third kappa shape index (κ3) is 6.94. The van der Waals surface area contributed by atoms with Crippen LogP contribution < -0.4 is 20.7 Å². The van der Waals surface area contributed by atoms with Gasteiger partial charge < -0.3 is 20.7 Å². The monoisotopic (exact) mass is 400 g/mol. The molecule has 10 nitrogen and oxygen atoms in total. The average Bonchev–Trinajstić information content (AvgIpc) is 2.72. The first kappa shape index (κ1) is 21.4. The van der Waals surface area contributed by atoms with E-state index < -0.39 is 16.7 Å². The van der Waals surface area contributed by atoms with Crippen molar-refractivity contribution in [3.05, 3.63) is 64.2 Å². The van der Waals surface area contributed by atoms with Gasteiger partial charge in [-0.2, -0.15) is 0 Å². The fraction of sp³-hybridized carbons (Fsp3) is 0.211. The van der Waals surface area contributed by atoms with E-state index in [0.717, 1.165) is 6.07 Å². The SMILES string of the molecule is CCNC(=O)COc1ccc(NC(=O)CNC(=O)c2cccc([N+](=O)[O-])c2)cc1. The summed E-state index contributed by atoms with van der Waals surface area (Å²) in [6.07, 6.45) is 0. The van der Waals surface area contributed by atoms with Gasteiger partial charge in [0.05, 0.1) is 11.5 Å². The van der Waals surface area contributed by atoms with Crippen molar-refractivity contribution in [1.29, 1.82) is 0 Å². The number of ether oxygens (including phenoxy) is 1. The summed E-state index contributed by atoms with van der Waals surface area (Å²) in [6, 6.07) is 11.6. The molecule has 0 unspecified atom stereocenters. The molecule has 0 saturated heterocycles. The van der Waals surface area contributed by atoms with E-state index in [0.29, 0.717) is 18.0 Å². The number of non-ortho nitro benzene ring substituents is 1. The van der Waals surface area contributed by atoms with E-state index in [1.165, 1.54) is 18.2 Å². The van der Waals surface area contributed by atoms with Gasteiger partial charge in [-0.15, -0.1) is 0 Å². The zero-order valence-corrected chi connectivity index (χ0v) is 15.6. The molecule has 2 rings (SSSR count). The number of hydrogen-bond acceptors (Lipinski definition) is 6. The maximum absolute atomic E-state index is 12.0. The van der Waals surface area contributed by atoms with Crippen LogP contribution in [0.15, 0.2) is 48.5 Å². The lowest BCUT2D eigenvalue weighted by Gasteiger charge is -2.09. The number of amides is 3. The van der Waals surface area contributed by atoms with Gasteiger partial charge in [-0.05, 0) is 37.3 Å². The van der Waals surface area contributed by atoms with E-state index in [4.69, 9.17) is 4.74 Å². The number of rotatable bonds is 9. The molecule has 2 aromatic rings. The predicted molar refractivity (Wildman–Crippen MR) is 105 cm³/mol. The zero-order chi connectivity index (χ0) is 21.2. The van der Waals surface area contributed by atoms with Crippen molar-refractivity contribution < 1.29 is 24.0 Å². The Hall–Kier alpha value is -3.95.